The average molecular weight is 375 g/mol. The monoisotopic (exact) mass is 375 g/mol. The Morgan fingerprint density at radius 1 is 1.11 bits per heavy atom. The van der Waals surface area contributed by atoms with Crippen LogP contribution in [-0.2, 0) is 9.59 Å². The molecule has 5 nitrogen and oxygen atoms in total. The van der Waals surface area contributed by atoms with E-state index in [2.05, 4.69) is 4.90 Å². The van der Waals surface area contributed by atoms with Crippen molar-refractivity contribution in [2.75, 3.05) is 19.6 Å². The highest BCUT2D eigenvalue weighted by molar-refractivity contribution is 6.07. The van der Waals surface area contributed by atoms with Crippen molar-refractivity contribution in [1.29, 1.82) is 0 Å². The molecule has 4 aliphatic heterocycles. The molecule has 4 saturated heterocycles. The first kappa shape index (κ1) is 17.1. The molecule has 4 heterocycles. The van der Waals surface area contributed by atoms with Crippen molar-refractivity contribution in [3.63, 3.8) is 0 Å². The van der Waals surface area contributed by atoms with Crippen molar-refractivity contribution in [1.82, 2.24) is 9.80 Å². The number of hydrogen-bond donors (Lipinski definition) is 1. The van der Waals surface area contributed by atoms with Crippen LogP contribution in [0.25, 0.3) is 0 Å². The lowest BCUT2D eigenvalue weighted by Gasteiger charge is -2.51. The first-order chi connectivity index (χ1) is 12.9. The molecule has 0 aromatic heterocycles. The summed E-state index contributed by atoms with van der Waals surface area (Å²) in [6, 6.07) is 4.19. The molecule has 2 amide bonds. The molecule has 5 aliphatic rings. The molecule has 1 aromatic rings. The quantitative estimate of drug-likeness (QED) is 0.817. The second kappa shape index (κ2) is 5.74. The molecular weight excluding hydrogens is 352 g/mol. The lowest BCUT2D eigenvalue weighted by atomic mass is 9.75. The van der Waals surface area contributed by atoms with Crippen molar-refractivity contribution in [3.8, 4) is 0 Å². The van der Waals surface area contributed by atoms with Crippen LogP contribution in [0.4, 0.5) is 8.78 Å². The van der Waals surface area contributed by atoms with Crippen molar-refractivity contribution in [2.45, 2.75) is 43.7 Å². The average Bonchev–Trinajstić information content (AvgIpc) is 3.39. The van der Waals surface area contributed by atoms with E-state index in [0.29, 0.717) is 30.9 Å². The Kier molecular flexibility index (Phi) is 3.63. The lowest BCUT2D eigenvalue weighted by molar-refractivity contribution is -0.146. The van der Waals surface area contributed by atoms with E-state index in [4.69, 9.17) is 5.73 Å². The third-order valence-electron chi connectivity index (χ3n) is 7.27. The summed E-state index contributed by atoms with van der Waals surface area (Å²) >= 11 is 0. The van der Waals surface area contributed by atoms with Gasteiger partial charge in [0.1, 0.15) is 5.41 Å². The number of amides is 2. The van der Waals surface area contributed by atoms with E-state index in [9.17, 15) is 18.4 Å². The van der Waals surface area contributed by atoms with Crippen LogP contribution < -0.4 is 5.73 Å². The molecule has 1 aliphatic carbocycles. The number of primary amides is 1. The molecule has 0 unspecified atom stereocenters. The second-order valence-electron chi connectivity index (χ2n) is 8.51. The summed E-state index contributed by atoms with van der Waals surface area (Å²) in [5, 5.41) is 0. The summed E-state index contributed by atoms with van der Waals surface area (Å²) in [6.45, 7) is 2.15. The van der Waals surface area contributed by atoms with E-state index in [1.165, 1.54) is 6.07 Å². The normalized spacial score (nSPS) is 35.8. The molecule has 6 rings (SSSR count). The molecule has 5 fully saturated rings. The minimum absolute atomic E-state index is 0.0265. The molecule has 1 saturated carbocycles. The third kappa shape index (κ3) is 2.30. The highest BCUT2D eigenvalue weighted by Gasteiger charge is 2.62. The summed E-state index contributed by atoms with van der Waals surface area (Å²) in [4.78, 5) is 29.3. The van der Waals surface area contributed by atoms with Crippen molar-refractivity contribution >= 4 is 11.8 Å². The second-order valence-corrected chi connectivity index (χ2v) is 8.51. The van der Waals surface area contributed by atoms with Gasteiger partial charge in [-0.2, -0.15) is 0 Å². The van der Waals surface area contributed by atoms with Crippen LogP contribution in [0.2, 0.25) is 0 Å². The van der Waals surface area contributed by atoms with Gasteiger partial charge in [0.15, 0.2) is 11.6 Å². The van der Waals surface area contributed by atoms with Gasteiger partial charge >= 0.3 is 0 Å². The van der Waals surface area contributed by atoms with Gasteiger partial charge in [-0.3, -0.25) is 14.5 Å². The van der Waals surface area contributed by atoms with E-state index in [1.807, 2.05) is 0 Å². The highest BCUT2D eigenvalue weighted by atomic mass is 19.2. The number of piperidine rings is 3. The molecular formula is C20H23F2N3O2. The molecule has 7 heteroatoms. The molecule has 3 atom stereocenters. The minimum atomic E-state index is -1.08. The largest absolute Gasteiger partial charge is 0.369 e. The Labute approximate surface area is 156 Å². The van der Waals surface area contributed by atoms with Gasteiger partial charge in [-0.1, -0.05) is 12.1 Å². The number of carbonyl (C=O) groups is 2. The minimum Gasteiger partial charge on any atom is -0.369 e. The van der Waals surface area contributed by atoms with Gasteiger partial charge in [0.2, 0.25) is 11.8 Å². The van der Waals surface area contributed by atoms with Crippen LogP contribution in [0.5, 0.6) is 0 Å². The summed E-state index contributed by atoms with van der Waals surface area (Å²) in [5.41, 5.74) is 4.78. The Morgan fingerprint density at radius 2 is 1.81 bits per heavy atom. The fraction of sp³-hybridized carbons (Fsp3) is 0.600. The molecule has 2 N–H and O–H groups in total. The lowest BCUT2D eigenvalue weighted by Crippen LogP contribution is -2.61. The zero-order chi connectivity index (χ0) is 18.9. The fourth-order valence-corrected chi connectivity index (χ4v) is 5.70. The van der Waals surface area contributed by atoms with E-state index < -0.39 is 23.0 Å². The van der Waals surface area contributed by atoms with Gasteiger partial charge in [-0.05, 0) is 56.3 Å². The van der Waals surface area contributed by atoms with Gasteiger partial charge < -0.3 is 10.6 Å². The first-order valence-electron chi connectivity index (χ1n) is 9.73. The Hall–Kier alpha value is -2.02. The summed E-state index contributed by atoms with van der Waals surface area (Å²) < 4.78 is 28.5. The highest BCUT2D eigenvalue weighted by Crippen LogP contribution is 2.52. The maximum Gasteiger partial charge on any atom is 0.238 e. The summed E-state index contributed by atoms with van der Waals surface area (Å²) in [7, 11) is 0. The van der Waals surface area contributed by atoms with Crippen LogP contribution >= 0.6 is 0 Å². The van der Waals surface area contributed by atoms with Crippen LogP contribution in [0.1, 0.15) is 37.2 Å². The van der Waals surface area contributed by atoms with Gasteiger partial charge in [-0.15, -0.1) is 0 Å². The number of likely N-dealkylation sites (tertiary alicyclic amines) is 1. The number of nitrogens with two attached hydrogens (primary N) is 1. The SMILES string of the molecule is NC(=O)C1(C(=O)N2C[C@H](c3cccc(F)c3F)[C@@H]3[C@H]2C2CCN3CC2)CC1. The van der Waals surface area contributed by atoms with E-state index in [1.54, 1.807) is 11.0 Å². The van der Waals surface area contributed by atoms with Crippen LogP contribution in [0, 0.1) is 23.0 Å². The summed E-state index contributed by atoms with van der Waals surface area (Å²) in [5.74, 6) is -2.41. The van der Waals surface area contributed by atoms with E-state index in [-0.39, 0.29) is 23.9 Å². The van der Waals surface area contributed by atoms with Crippen LogP contribution in [0.3, 0.4) is 0 Å². The van der Waals surface area contributed by atoms with Crippen molar-refractivity contribution < 1.29 is 18.4 Å². The molecule has 0 radical (unpaired) electrons. The molecule has 144 valence electrons. The summed E-state index contributed by atoms with van der Waals surface area (Å²) in [6.07, 6.45) is 2.96. The van der Waals surface area contributed by atoms with Gasteiger partial charge in [-0.25, -0.2) is 8.78 Å². The van der Waals surface area contributed by atoms with Crippen LogP contribution in [-0.4, -0.2) is 53.3 Å². The number of benzene rings is 1. The zero-order valence-corrected chi connectivity index (χ0v) is 15.0. The molecule has 0 spiro atoms. The molecule has 2 bridgehead atoms. The smallest absolute Gasteiger partial charge is 0.238 e. The molecule has 1 aromatic carbocycles. The first-order valence-corrected chi connectivity index (χ1v) is 9.73. The Balaban J connectivity index is 1.55. The molecule has 27 heavy (non-hydrogen) atoms. The third-order valence-corrected chi connectivity index (χ3v) is 7.27. The zero-order valence-electron chi connectivity index (χ0n) is 15.0. The van der Waals surface area contributed by atoms with E-state index >= 15 is 0 Å². The van der Waals surface area contributed by atoms with Crippen molar-refractivity contribution in [2.24, 2.45) is 17.1 Å². The predicted octanol–water partition coefficient (Wildman–Crippen LogP) is 1.62. The Bertz CT molecular complexity index is 817. The maximum atomic E-state index is 14.6. The van der Waals surface area contributed by atoms with Crippen molar-refractivity contribution in [3.05, 3.63) is 35.4 Å². The van der Waals surface area contributed by atoms with Gasteiger partial charge in [0.05, 0.1) is 6.04 Å². The number of fused-ring (bicyclic) bond motifs is 2. The Morgan fingerprint density at radius 3 is 2.44 bits per heavy atom. The van der Waals surface area contributed by atoms with Gasteiger partial charge in [0, 0.05) is 18.5 Å². The number of halogens is 2. The maximum absolute atomic E-state index is 14.6. The fourth-order valence-electron chi connectivity index (χ4n) is 5.70. The topological polar surface area (TPSA) is 66.6 Å². The number of hydrogen-bond acceptors (Lipinski definition) is 3. The van der Waals surface area contributed by atoms with Gasteiger partial charge in [0.25, 0.3) is 0 Å². The van der Waals surface area contributed by atoms with Crippen LogP contribution in [0.15, 0.2) is 18.2 Å². The standard InChI is InChI=1S/C20H23F2N3O2/c21-14-3-1-2-12(15(14)22)13-10-25(19(27)20(6-7-20)18(23)26)16-11-4-8-24(9-5-11)17(13)16/h1-3,11,13,16-17H,4-10H2,(H2,23,26)/t13-,16-,17-/m1/s1. The van der Waals surface area contributed by atoms with E-state index in [0.717, 1.165) is 32.0 Å². The predicted molar refractivity (Wildman–Crippen MR) is 93.5 cm³/mol. The number of rotatable bonds is 3. The number of carbonyl (C=O) groups excluding carboxylic acids is 2. The number of nitrogens with zero attached hydrogens (tertiary/aromatic N) is 2.